The summed E-state index contributed by atoms with van der Waals surface area (Å²) in [5, 5.41) is 3.54. The Bertz CT molecular complexity index is 1210. The average molecular weight is 509 g/mol. The molecule has 0 radical (unpaired) electrons. The van der Waals surface area contributed by atoms with Crippen LogP contribution in [0.2, 0.25) is 0 Å². The van der Waals surface area contributed by atoms with Crippen LogP contribution in [0.3, 0.4) is 0 Å². The van der Waals surface area contributed by atoms with Crippen LogP contribution in [-0.4, -0.2) is 59.3 Å². The van der Waals surface area contributed by atoms with Gasteiger partial charge in [0.25, 0.3) is 11.8 Å². The van der Waals surface area contributed by atoms with Crippen molar-refractivity contribution in [3.63, 3.8) is 0 Å². The predicted octanol–water partition coefficient (Wildman–Crippen LogP) is 2.92. The first-order valence-corrected chi connectivity index (χ1v) is 13.1. The number of thiazole rings is 1. The lowest BCUT2D eigenvalue weighted by Crippen LogP contribution is -2.57. The summed E-state index contributed by atoms with van der Waals surface area (Å²) in [7, 11) is 0. The van der Waals surface area contributed by atoms with Crippen LogP contribution in [0.25, 0.3) is 10.8 Å². The van der Waals surface area contributed by atoms with Crippen LogP contribution < -0.4 is 21.1 Å². The van der Waals surface area contributed by atoms with Gasteiger partial charge in [-0.3, -0.25) is 34.5 Å². The molecule has 3 N–H and O–H groups in total. The molecule has 1 saturated heterocycles. The second-order valence-electron chi connectivity index (χ2n) is 9.01. The molecular weight excluding hydrogens is 476 g/mol. The molecule has 2 aromatic carbocycles. The lowest BCUT2D eigenvalue weighted by atomic mass is 10.1. The second kappa shape index (κ2) is 11.6. The fourth-order valence-electron chi connectivity index (χ4n) is 4.74. The summed E-state index contributed by atoms with van der Waals surface area (Å²) >= 11 is 1.31. The zero-order valence-electron chi connectivity index (χ0n) is 20.6. The number of benzene rings is 2. The van der Waals surface area contributed by atoms with E-state index in [0.29, 0.717) is 11.5 Å². The van der Waals surface area contributed by atoms with E-state index in [-0.39, 0.29) is 12.5 Å². The SMILES string of the molecule is CC(C(=O)NN)N(C(=O)[C@H](C)N(C(=O)CN1CCCCC1)c1cccc2ccccc12)c1cscn1. The minimum atomic E-state index is -0.918. The molecule has 1 fully saturated rings. The number of nitrogens with one attached hydrogen (secondary N) is 1. The Balaban J connectivity index is 1.75. The molecule has 36 heavy (non-hydrogen) atoms. The molecule has 0 aliphatic carbocycles. The highest BCUT2D eigenvalue weighted by molar-refractivity contribution is 7.07. The van der Waals surface area contributed by atoms with Crippen molar-refractivity contribution in [2.75, 3.05) is 29.4 Å². The van der Waals surface area contributed by atoms with Crippen LogP contribution in [0.15, 0.2) is 53.4 Å². The van der Waals surface area contributed by atoms with Gasteiger partial charge in [-0.05, 0) is 51.2 Å². The fraction of sp³-hybridized carbons (Fsp3) is 0.385. The Morgan fingerprint density at radius 3 is 2.44 bits per heavy atom. The summed E-state index contributed by atoms with van der Waals surface area (Å²) in [6.07, 6.45) is 3.27. The van der Waals surface area contributed by atoms with Crippen molar-refractivity contribution >= 4 is 51.3 Å². The minimum Gasteiger partial charge on any atom is -0.298 e. The van der Waals surface area contributed by atoms with Crippen LogP contribution in [-0.2, 0) is 14.4 Å². The third-order valence-corrected chi connectivity index (χ3v) is 7.23. The van der Waals surface area contributed by atoms with Crippen molar-refractivity contribution in [1.29, 1.82) is 0 Å². The predicted molar refractivity (Wildman–Crippen MR) is 143 cm³/mol. The highest BCUT2D eigenvalue weighted by Crippen LogP contribution is 2.30. The number of nitrogens with two attached hydrogens (primary N) is 1. The number of piperidine rings is 1. The van der Waals surface area contributed by atoms with Crippen molar-refractivity contribution in [2.45, 2.75) is 45.2 Å². The van der Waals surface area contributed by atoms with E-state index >= 15 is 0 Å². The maximum Gasteiger partial charge on any atom is 0.256 e. The lowest BCUT2D eigenvalue weighted by molar-refractivity contribution is -0.128. The zero-order chi connectivity index (χ0) is 25.7. The smallest absolute Gasteiger partial charge is 0.256 e. The van der Waals surface area contributed by atoms with Gasteiger partial charge in [0.2, 0.25) is 5.91 Å². The van der Waals surface area contributed by atoms with Crippen molar-refractivity contribution in [1.82, 2.24) is 15.3 Å². The maximum atomic E-state index is 14.0. The molecule has 3 aromatic rings. The molecule has 0 bridgehead atoms. The molecule has 2 heterocycles. The number of rotatable bonds is 8. The van der Waals surface area contributed by atoms with Gasteiger partial charge in [-0.25, -0.2) is 10.8 Å². The first kappa shape index (κ1) is 25.7. The van der Waals surface area contributed by atoms with E-state index < -0.39 is 23.9 Å². The normalized spacial score (nSPS) is 15.8. The third-order valence-electron chi connectivity index (χ3n) is 6.66. The number of likely N-dealkylation sites (tertiary alicyclic amines) is 1. The average Bonchev–Trinajstić information content (AvgIpc) is 3.43. The number of hydrogen-bond acceptors (Lipinski definition) is 7. The van der Waals surface area contributed by atoms with Gasteiger partial charge in [0.05, 0.1) is 17.7 Å². The number of anilines is 2. The molecule has 10 heteroatoms. The Kier molecular flexibility index (Phi) is 8.29. The Morgan fingerprint density at radius 2 is 1.75 bits per heavy atom. The summed E-state index contributed by atoms with van der Waals surface area (Å²) in [6.45, 7) is 5.22. The number of hydrazine groups is 1. The van der Waals surface area contributed by atoms with E-state index in [0.717, 1.165) is 43.1 Å². The van der Waals surface area contributed by atoms with Gasteiger partial charge in [0, 0.05) is 10.8 Å². The van der Waals surface area contributed by atoms with Gasteiger partial charge in [-0.2, -0.15) is 0 Å². The molecule has 190 valence electrons. The molecule has 2 atom stereocenters. The van der Waals surface area contributed by atoms with E-state index in [1.165, 1.54) is 16.2 Å². The quantitative estimate of drug-likeness (QED) is 0.275. The molecule has 1 unspecified atom stereocenters. The van der Waals surface area contributed by atoms with Gasteiger partial charge in [-0.15, -0.1) is 11.3 Å². The molecule has 0 spiro atoms. The van der Waals surface area contributed by atoms with E-state index in [2.05, 4.69) is 15.3 Å². The van der Waals surface area contributed by atoms with E-state index in [4.69, 9.17) is 5.84 Å². The highest BCUT2D eigenvalue weighted by atomic mass is 32.1. The topological polar surface area (TPSA) is 112 Å². The summed E-state index contributed by atoms with van der Waals surface area (Å²) in [6, 6.07) is 11.7. The molecule has 1 aromatic heterocycles. The van der Waals surface area contributed by atoms with Crippen molar-refractivity contribution in [2.24, 2.45) is 5.84 Å². The Morgan fingerprint density at radius 1 is 1.03 bits per heavy atom. The van der Waals surface area contributed by atoms with Crippen LogP contribution in [0.4, 0.5) is 11.5 Å². The number of aromatic nitrogens is 1. The van der Waals surface area contributed by atoms with Gasteiger partial charge in [-0.1, -0.05) is 42.8 Å². The fourth-order valence-corrected chi connectivity index (χ4v) is 5.27. The van der Waals surface area contributed by atoms with Gasteiger partial charge >= 0.3 is 0 Å². The van der Waals surface area contributed by atoms with Gasteiger partial charge in [0.15, 0.2) is 0 Å². The molecule has 1 aliphatic heterocycles. The monoisotopic (exact) mass is 508 g/mol. The summed E-state index contributed by atoms with van der Waals surface area (Å²) in [4.78, 5) is 49.6. The first-order valence-electron chi connectivity index (χ1n) is 12.2. The second-order valence-corrected chi connectivity index (χ2v) is 9.73. The summed E-state index contributed by atoms with van der Waals surface area (Å²) in [5.74, 6) is 4.61. The van der Waals surface area contributed by atoms with Gasteiger partial charge in [0.1, 0.15) is 17.9 Å². The van der Waals surface area contributed by atoms with Crippen LogP contribution in [0, 0.1) is 0 Å². The number of nitrogens with zero attached hydrogens (tertiary/aromatic N) is 4. The summed E-state index contributed by atoms with van der Waals surface area (Å²) < 4.78 is 0. The molecule has 9 nitrogen and oxygen atoms in total. The van der Waals surface area contributed by atoms with Crippen LogP contribution >= 0.6 is 11.3 Å². The standard InChI is InChI=1S/C26H32N6O3S/c1-18(25(34)29-27)32(23-16-36-17-28-23)26(35)19(2)31(24(33)15-30-13-6-3-7-14-30)22-12-8-10-20-9-4-5-11-21(20)22/h4-5,8-12,16-19H,3,6-7,13-15,27H2,1-2H3,(H,29,34)/t18?,19-/m0/s1. The van der Waals surface area contributed by atoms with E-state index in [1.54, 1.807) is 29.6 Å². The van der Waals surface area contributed by atoms with Crippen molar-refractivity contribution < 1.29 is 14.4 Å². The summed E-state index contributed by atoms with van der Waals surface area (Å²) in [5.41, 5.74) is 4.37. The number of fused-ring (bicyclic) bond motifs is 1. The van der Waals surface area contributed by atoms with E-state index in [9.17, 15) is 14.4 Å². The minimum absolute atomic E-state index is 0.164. The Hall–Kier alpha value is -3.34. The largest absolute Gasteiger partial charge is 0.298 e. The molecule has 0 saturated carbocycles. The van der Waals surface area contributed by atoms with Crippen LogP contribution in [0.5, 0.6) is 0 Å². The molecule has 3 amide bonds. The first-order chi connectivity index (χ1) is 17.4. The number of hydrogen-bond donors (Lipinski definition) is 2. The van der Waals surface area contributed by atoms with Crippen LogP contribution in [0.1, 0.15) is 33.1 Å². The van der Waals surface area contributed by atoms with Crippen molar-refractivity contribution in [3.05, 3.63) is 53.4 Å². The number of carbonyl (C=O) groups is 3. The molecule has 4 rings (SSSR count). The van der Waals surface area contributed by atoms with E-state index in [1.807, 2.05) is 42.5 Å². The van der Waals surface area contributed by atoms with Crippen molar-refractivity contribution in [3.8, 4) is 0 Å². The third kappa shape index (κ3) is 5.40. The maximum absolute atomic E-state index is 14.0. The molecular formula is C26H32N6O3S. The Labute approximate surface area is 214 Å². The lowest BCUT2D eigenvalue weighted by Gasteiger charge is -2.36. The number of amides is 3. The zero-order valence-corrected chi connectivity index (χ0v) is 21.4. The van der Waals surface area contributed by atoms with Gasteiger partial charge < -0.3 is 0 Å². The number of carbonyl (C=O) groups excluding carboxylic acids is 3. The molecule has 1 aliphatic rings. The highest BCUT2D eigenvalue weighted by Gasteiger charge is 2.37.